The molecule has 5 aromatic rings. The van der Waals surface area contributed by atoms with Crippen LogP contribution in [0.3, 0.4) is 0 Å². The third-order valence-corrected chi connectivity index (χ3v) is 5.84. The summed E-state index contributed by atoms with van der Waals surface area (Å²) in [6, 6.07) is 11.6. The number of hydrogen-bond donors (Lipinski definition) is 2. The van der Waals surface area contributed by atoms with Crippen LogP contribution in [0.25, 0.3) is 21.3 Å². The molecule has 0 atom stereocenters. The van der Waals surface area contributed by atoms with E-state index in [0.29, 0.717) is 38.8 Å². The van der Waals surface area contributed by atoms with Gasteiger partial charge in [0.25, 0.3) is 5.91 Å². The Hall–Kier alpha value is -3.69. The smallest absolute Gasteiger partial charge is 0.272 e. The van der Waals surface area contributed by atoms with Crippen molar-refractivity contribution in [3.8, 4) is 0 Å². The van der Waals surface area contributed by atoms with Crippen molar-refractivity contribution >= 4 is 44.2 Å². The summed E-state index contributed by atoms with van der Waals surface area (Å²) in [5, 5.41) is 13.4. The summed E-state index contributed by atoms with van der Waals surface area (Å²) in [6.45, 7) is 0.232. The zero-order valence-electron chi connectivity index (χ0n) is 16.1. The van der Waals surface area contributed by atoms with Gasteiger partial charge in [0.05, 0.1) is 24.0 Å². The number of hydrogen-bond acceptors (Lipinski definition) is 6. The van der Waals surface area contributed by atoms with Crippen LogP contribution in [0, 0.1) is 5.82 Å². The largest absolute Gasteiger partial charge is 0.389 e. The van der Waals surface area contributed by atoms with E-state index in [9.17, 15) is 14.3 Å². The molecule has 0 aliphatic carbocycles. The summed E-state index contributed by atoms with van der Waals surface area (Å²) in [5.41, 5.74) is 3.05. The number of carbonyl (C=O) groups excluding carboxylic acids is 1. The molecule has 4 heterocycles. The Morgan fingerprint density at radius 3 is 2.81 bits per heavy atom. The predicted octanol–water partition coefficient (Wildman–Crippen LogP) is 3.97. The van der Waals surface area contributed by atoms with E-state index in [1.165, 1.54) is 23.5 Å². The van der Waals surface area contributed by atoms with Crippen molar-refractivity contribution in [2.45, 2.75) is 13.2 Å². The van der Waals surface area contributed by atoms with E-state index in [-0.39, 0.29) is 18.3 Å². The van der Waals surface area contributed by atoms with E-state index >= 15 is 0 Å². The second-order valence-corrected chi connectivity index (χ2v) is 8.00. The molecular weight excluding hydrogens is 417 g/mol. The minimum atomic E-state index is -0.369. The van der Waals surface area contributed by atoms with Gasteiger partial charge in [0, 0.05) is 24.3 Å². The molecule has 0 aliphatic rings. The van der Waals surface area contributed by atoms with Crippen LogP contribution >= 0.6 is 11.3 Å². The number of nitrogens with zero attached hydrogens (tertiary/aromatic N) is 4. The molecule has 0 saturated carbocycles. The van der Waals surface area contributed by atoms with Gasteiger partial charge in [0.1, 0.15) is 26.9 Å². The van der Waals surface area contributed by atoms with E-state index in [0.717, 1.165) is 10.9 Å². The number of rotatable bonds is 5. The van der Waals surface area contributed by atoms with Crippen LogP contribution < -0.4 is 5.32 Å². The summed E-state index contributed by atoms with van der Waals surface area (Å²) < 4.78 is 15.7. The number of nitrogens with one attached hydrogen (secondary N) is 1. The Bertz CT molecular complexity index is 1410. The maximum absolute atomic E-state index is 13.9. The first-order valence-corrected chi connectivity index (χ1v) is 10.3. The maximum Gasteiger partial charge on any atom is 0.272 e. The zero-order chi connectivity index (χ0) is 21.4. The van der Waals surface area contributed by atoms with Crippen molar-refractivity contribution in [2.24, 2.45) is 0 Å². The summed E-state index contributed by atoms with van der Waals surface area (Å²) >= 11 is 1.30. The number of pyridine rings is 2. The molecular formula is C22H16FN5O2S. The number of amides is 1. The predicted molar refractivity (Wildman–Crippen MR) is 117 cm³/mol. The van der Waals surface area contributed by atoms with Crippen LogP contribution in [0.15, 0.2) is 61.1 Å². The topological polar surface area (TPSA) is 92.9 Å². The Labute approximate surface area is 179 Å². The molecule has 0 spiro atoms. The fraction of sp³-hybridized carbons (Fsp3) is 0.0909. The first kappa shape index (κ1) is 19.3. The van der Waals surface area contributed by atoms with Gasteiger partial charge < -0.3 is 15.0 Å². The number of aliphatic hydroxyl groups excluding tert-OH is 1. The minimum absolute atomic E-state index is 0.158. The SMILES string of the molecule is O=C(Nc1cnc2sc(CO)nc2c1)c1cc2ccc(F)cc2n1Cc1ccncc1. The first-order chi connectivity index (χ1) is 15.1. The molecule has 1 aromatic carbocycles. The van der Waals surface area contributed by atoms with Gasteiger partial charge in [-0.3, -0.25) is 9.78 Å². The molecule has 7 nitrogen and oxygen atoms in total. The van der Waals surface area contributed by atoms with Gasteiger partial charge in [-0.05, 0) is 48.0 Å². The van der Waals surface area contributed by atoms with Crippen molar-refractivity contribution in [3.63, 3.8) is 0 Å². The summed E-state index contributed by atoms with van der Waals surface area (Å²) in [4.78, 5) is 26.5. The molecule has 4 aromatic heterocycles. The molecule has 154 valence electrons. The second-order valence-electron chi connectivity index (χ2n) is 6.94. The number of carbonyl (C=O) groups is 1. The first-order valence-electron chi connectivity index (χ1n) is 9.46. The number of fused-ring (bicyclic) bond motifs is 2. The standard InChI is InChI=1S/C22H16FN5O2S/c23-15-2-1-14-7-19(28(18(14)8-15)11-13-3-5-24-6-4-13)21(30)26-16-9-17-22(25-10-16)31-20(12-29)27-17/h1-10,29H,11-12H2,(H,26,30). The van der Waals surface area contributed by atoms with E-state index in [1.807, 2.05) is 12.1 Å². The van der Waals surface area contributed by atoms with Crippen molar-refractivity contribution in [2.75, 3.05) is 5.32 Å². The molecule has 9 heteroatoms. The monoisotopic (exact) mass is 433 g/mol. The number of aliphatic hydroxyl groups is 1. The van der Waals surface area contributed by atoms with Gasteiger partial charge in [-0.15, -0.1) is 0 Å². The number of halogens is 1. The van der Waals surface area contributed by atoms with Gasteiger partial charge in [-0.2, -0.15) is 0 Å². The van der Waals surface area contributed by atoms with Gasteiger partial charge >= 0.3 is 0 Å². The summed E-state index contributed by atoms with van der Waals surface area (Å²) in [7, 11) is 0. The quantitative estimate of drug-likeness (QED) is 0.437. The molecule has 1 amide bonds. The Morgan fingerprint density at radius 2 is 2.00 bits per heavy atom. The minimum Gasteiger partial charge on any atom is -0.389 e. The van der Waals surface area contributed by atoms with Crippen molar-refractivity contribution in [3.05, 3.63) is 83.1 Å². The number of aromatic nitrogens is 4. The Kier molecular flexibility index (Phi) is 4.89. The Morgan fingerprint density at radius 1 is 1.16 bits per heavy atom. The average molecular weight is 433 g/mol. The molecule has 2 N–H and O–H groups in total. The third-order valence-electron chi connectivity index (χ3n) is 4.87. The molecule has 0 aliphatic heterocycles. The fourth-order valence-electron chi connectivity index (χ4n) is 3.46. The molecule has 0 fully saturated rings. The van der Waals surface area contributed by atoms with E-state index < -0.39 is 0 Å². The normalized spacial score (nSPS) is 11.3. The third kappa shape index (κ3) is 3.76. The van der Waals surface area contributed by atoms with E-state index in [4.69, 9.17) is 0 Å². The van der Waals surface area contributed by atoms with Crippen LogP contribution in [-0.2, 0) is 13.2 Å². The summed E-state index contributed by atoms with van der Waals surface area (Å²) in [5.74, 6) is -0.712. The van der Waals surface area contributed by atoms with Crippen molar-refractivity contribution in [1.82, 2.24) is 19.5 Å². The fourth-order valence-corrected chi connectivity index (χ4v) is 4.20. The van der Waals surface area contributed by atoms with Crippen LogP contribution in [0.4, 0.5) is 10.1 Å². The van der Waals surface area contributed by atoms with Crippen molar-refractivity contribution < 1.29 is 14.3 Å². The average Bonchev–Trinajstić information content (AvgIpc) is 3.35. The summed E-state index contributed by atoms with van der Waals surface area (Å²) in [6.07, 6.45) is 4.91. The van der Waals surface area contributed by atoms with Crippen LogP contribution in [0.5, 0.6) is 0 Å². The van der Waals surface area contributed by atoms with Gasteiger partial charge in [0.2, 0.25) is 0 Å². The number of anilines is 1. The van der Waals surface area contributed by atoms with Gasteiger partial charge in [-0.25, -0.2) is 14.4 Å². The molecule has 5 rings (SSSR count). The lowest BCUT2D eigenvalue weighted by atomic mass is 10.2. The van der Waals surface area contributed by atoms with E-state index in [1.54, 1.807) is 41.4 Å². The molecule has 31 heavy (non-hydrogen) atoms. The highest BCUT2D eigenvalue weighted by molar-refractivity contribution is 7.18. The lowest BCUT2D eigenvalue weighted by molar-refractivity contribution is 0.101. The van der Waals surface area contributed by atoms with Crippen LogP contribution in [0.1, 0.15) is 21.1 Å². The van der Waals surface area contributed by atoms with Crippen LogP contribution in [-0.4, -0.2) is 30.5 Å². The van der Waals surface area contributed by atoms with Gasteiger partial charge in [0.15, 0.2) is 0 Å². The molecule has 0 unspecified atom stereocenters. The van der Waals surface area contributed by atoms with Crippen molar-refractivity contribution in [1.29, 1.82) is 0 Å². The molecule has 0 saturated heterocycles. The highest BCUT2D eigenvalue weighted by Gasteiger charge is 2.17. The lowest BCUT2D eigenvalue weighted by Gasteiger charge is -2.11. The van der Waals surface area contributed by atoms with Gasteiger partial charge in [-0.1, -0.05) is 11.3 Å². The number of thiazole rings is 1. The zero-order valence-corrected chi connectivity index (χ0v) is 16.9. The molecule has 0 radical (unpaired) electrons. The number of benzene rings is 1. The maximum atomic E-state index is 13.9. The highest BCUT2D eigenvalue weighted by atomic mass is 32.1. The Balaban J connectivity index is 1.52. The van der Waals surface area contributed by atoms with E-state index in [2.05, 4.69) is 20.3 Å². The van der Waals surface area contributed by atoms with Crippen LogP contribution in [0.2, 0.25) is 0 Å². The lowest BCUT2D eigenvalue weighted by Crippen LogP contribution is -2.17. The highest BCUT2D eigenvalue weighted by Crippen LogP contribution is 2.25. The second kappa shape index (κ2) is 7.86. The molecule has 0 bridgehead atoms.